The van der Waals surface area contributed by atoms with E-state index in [1.54, 1.807) is 6.92 Å². The van der Waals surface area contributed by atoms with Gasteiger partial charge in [0.2, 0.25) is 0 Å². The van der Waals surface area contributed by atoms with Gasteiger partial charge in [0.05, 0.1) is 12.1 Å². The first-order chi connectivity index (χ1) is 7.66. The lowest BCUT2D eigenvalue weighted by molar-refractivity contribution is 0.0690. The zero-order chi connectivity index (χ0) is 12.0. The van der Waals surface area contributed by atoms with E-state index in [-0.39, 0.29) is 17.8 Å². The van der Waals surface area contributed by atoms with Crippen molar-refractivity contribution in [2.75, 3.05) is 6.54 Å². The highest BCUT2D eigenvalue weighted by atomic mass is 16.4. The molecule has 0 bridgehead atoms. The fraction of sp³-hybridized carbons (Fsp3) is 0.182. The molecule has 0 saturated heterocycles. The molecule has 0 spiro atoms. The minimum atomic E-state index is -1.18. The van der Waals surface area contributed by atoms with E-state index in [2.05, 4.69) is 22.1 Å². The summed E-state index contributed by atoms with van der Waals surface area (Å²) in [5, 5.41) is 11.3. The van der Waals surface area contributed by atoms with Gasteiger partial charge < -0.3 is 10.4 Å². The number of aromatic carboxylic acids is 1. The molecular weight excluding hydrogens is 208 g/mol. The maximum Gasteiger partial charge on any atom is 0.338 e. The van der Waals surface area contributed by atoms with Gasteiger partial charge in [0.1, 0.15) is 5.69 Å². The number of amides is 1. The number of pyridine rings is 1. The van der Waals surface area contributed by atoms with E-state index in [1.807, 2.05) is 0 Å². The van der Waals surface area contributed by atoms with Gasteiger partial charge in [-0.25, -0.2) is 4.79 Å². The lowest BCUT2D eigenvalue weighted by Crippen LogP contribution is -2.26. The van der Waals surface area contributed by atoms with Crippen molar-refractivity contribution in [2.45, 2.75) is 6.92 Å². The van der Waals surface area contributed by atoms with E-state index in [4.69, 9.17) is 5.11 Å². The Morgan fingerprint density at radius 3 is 2.94 bits per heavy atom. The van der Waals surface area contributed by atoms with Crippen LogP contribution in [0.25, 0.3) is 0 Å². The summed E-state index contributed by atoms with van der Waals surface area (Å²) >= 11 is 0. The number of carboxylic acid groups (broad SMARTS) is 1. The van der Waals surface area contributed by atoms with Crippen molar-refractivity contribution in [1.82, 2.24) is 10.3 Å². The Labute approximate surface area is 92.5 Å². The van der Waals surface area contributed by atoms with Crippen molar-refractivity contribution in [1.29, 1.82) is 0 Å². The molecule has 0 unspecified atom stereocenters. The minimum Gasteiger partial charge on any atom is -0.478 e. The van der Waals surface area contributed by atoms with E-state index >= 15 is 0 Å². The number of rotatable bonds is 3. The van der Waals surface area contributed by atoms with Crippen LogP contribution in [0.4, 0.5) is 0 Å². The van der Waals surface area contributed by atoms with Gasteiger partial charge in [-0.2, -0.15) is 0 Å². The smallest absolute Gasteiger partial charge is 0.338 e. The molecule has 0 radical (unpaired) electrons. The molecule has 5 nitrogen and oxygen atoms in total. The second-order valence-electron chi connectivity index (χ2n) is 2.81. The highest BCUT2D eigenvalue weighted by Crippen LogP contribution is 2.04. The number of carboxylic acids is 1. The lowest BCUT2D eigenvalue weighted by Gasteiger charge is -2.03. The summed E-state index contributed by atoms with van der Waals surface area (Å²) < 4.78 is 0. The maximum atomic E-state index is 11.5. The number of nitrogens with zero attached hydrogens (tertiary/aromatic N) is 1. The van der Waals surface area contributed by atoms with Crippen LogP contribution in [-0.2, 0) is 0 Å². The van der Waals surface area contributed by atoms with E-state index in [0.717, 1.165) is 0 Å². The van der Waals surface area contributed by atoms with E-state index in [0.29, 0.717) is 0 Å². The number of carbonyl (C=O) groups is 2. The van der Waals surface area contributed by atoms with Crippen LogP contribution in [0.2, 0.25) is 0 Å². The van der Waals surface area contributed by atoms with Crippen LogP contribution in [0.1, 0.15) is 27.8 Å². The molecule has 0 atom stereocenters. The Morgan fingerprint density at radius 1 is 1.56 bits per heavy atom. The molecule has 0 aliphatic heterocycles. The maximum absolute atomic E-state index is 11.5. The summed E-state index contributed by atoms with van der Waals surface area (Å²) in [7, 11) is 0. The number of nitrogens with one attached hydrogen (secondary N) is 1. The summed E-state index contributed by atoms with van der Waals surface area (Å²) in [4.78, 5) is 26.1. The number of hydrogen-bond acceptors (Lipinski definition) is 3. The van der Waals surface area contributed by atoms with Crippen LogP contribution >= 0.6 is 0 Å². The van der Waals surface area contributed by atoms with Crippen molar-refractivity contribution in [3.63, 3.8) is 0 Å². The van der Waals surface area contributed by atoms with Gasteiger partial charge in [0.15, 0.2) is 0 Å². The van der Waals surface area contributed by atoms with Crippen molar-refractivity contribution in [2.24, 2.45) is 0 Å². The normalized spacial score (nSPS) is 8.81. The fourth-order valence-corrected chi connectivity index (χ4v) is 1.06. The second-order valence-corrected chi connectivity index (χ2v) is 2.81. The third-order valence-corrected chi connectivity index (χ3v) is 1.77. The molecule has 5 heteroatoms. The zero-order valence-corrected chi connectivity index (χ0v) is 8.65. The van der Waals surface area contributed by atoms with Gasteiger partial charge in [0, 0.05) is 6.20 Å². The summed E-state index contributed by atoms with van der Waals surface area (Å²) in [5.74, 6) is 3.53. The summed E-state index contributed by atoms with van der Waals surface area (Å²) in [5.41, 5.74) is -0.225. The van der Waals surface area contributed by atoms with Gasteiger partial charge in [-0.3, -0.25) is 9.78 Å². The molecule has 1 heterocycles. The third-order valence-electron chi connectivity index (χ3n) is 1.77. The first-order valence-electron chi connectivity index (χ1n) is 4.53. The highest BCUT2D eigenvalue weighted by molar-refractivity contribution is 6.03. The Hall–Kier alpha value is -2.35. The van der Waals surface area contributed by atoms with Gasteiger partial charge in [-0.15, -0.1) is 5.92 Å². The first-order valence-corrected chi connectivity index (χ1v) is 4.53. The second kappa shape index (κ2) is 5.51. The quantitative estimate of drug-likeness (QED) is 0.725. The van der Waals surface area contributed by atoms with Gasteiger partial charge >= 0.3 is 5.97 Å². The van der Waals surface area contributed by atoms with Crippen LogP contribution in [0.5, 0.6) is 0 Å². The standard InChI is InChI=1S/C11H10N2O3/c1-2-3-6-13-10(14)9-8(11(15)16)5-4-7-12-9/h4-5,7H,6H2,1H3,(H,13,14)(H,15,16). The molecule has 82 valence electrons. The molecule has 16 heavy (non-hydrogen) atoms. The molecular formula is C11H10N2O3. The summed E-state index contributed by atoms with van der Waals surface area (Å²) in [6.07, 6.45) is 1.37. The monoisotopic (exact) mass is 218 g/mol. The van der Waals surface area contributed by atoms with Crippen LogP contribution in [-0.4, -0.2) is 28.5 Å². The molecule has 1 amide bonds. The van der Waals surface area contributed by atoms with E-state index in [1.165, 1.54) is 18.3 Å². The molecule has 1 rings (SSSR count). The predicted molar refractivity (Wildman–Crippen MR) is 57.0 cm³/mol. The zero-order valence-electron chi connectivity index (χ0n) is 8.65. The Morgan fingerprint density at radius 2 is 2.31 bits per heavy atom. The first kappa shape index (κ1) is 11.7. The van der Waals surface area contributed by atoms with Crippen molar-refractivity contribution in [3.8, 4) is 11.8 Å². The van der Waals surface area contributed by atoms with Crippen molar-refractivity contribution in [3.05, 3.63) is 29.6 Å². The number of aromatic nitrogens is 1. The molecule has 1 aromatic rings. The molecule has 0 aromatic carbocycles. The predicted octanol–water partition coefficient (Wildman–Crippen LogP) is 0.533. The average Bonchev–Trinajstić information content (AvgIpc) is 2.29. The lowest BCUT2D eigenvalue weighted by atomic mass is 10.2. The molecule has 0 fully saturated rings. The number of hydrogen-bond donors (Lipinski definition) is 2. The fourth-order valence-electron chi connectivity index (χ4n) is 1.06. The molecule has 0 aliphatic carbocycles. The van der Waals surface area contributed by atoms with Crippen LogP contribution in [0.3, 0.4) is 0 Å². The molecule has 1 aromatic heterocycles. The van der Waals surface area contributed by atoms with Gasteiger partial charge in [-0.05, 0) is 19.1 Å². The van der Waals surface area contributed by atoms with E-state index in [9.17, 15) is 9.59 Å². The van der Waals surface area contributed by atoms with Crippen molar-refractivity contribution < 1.29 is 14.7 Å². The minimum absolute atomic E-state index is 0.104. The molecule has 0 aliphatic rings. The molecule has 0 saturated carbocycles. The SMILES string of the molecule is CC#CCNC(=O)c1ncccc1C(=O)O. The number of carbonyl (C=O) groups excluding carboxylic acids is 1. The summed E-state index contributed by atoms with van der Waals surface area (Å²) in [6, 6.07) is 2.79. The third kappa shape index (κ3) is 2.82. The van der Waals surface area contributed by atoms with Gasteiger partial charge in [0.25, 0.3) is 5.91 Å². The largest absolute Gasteiger partial charge is 0.478 e. The van der Waals surface area contributed by atoms with Gasteiger partial charge in [-0.1, -0.05) is 5.92 Å². The van der Waals surface area contributed by atoms with Crippen molar-refractivity contribution >= 4 is 11.9 Å². The van der Waals surface area contributed by atoms with E-state index < -0.39 is 11.9 Å². The Bertz CT molecular complexity index is 472. The Balaban J connectivity index is 2.89. The van der Waals surface area contributed by atoms with Crippen LogP contribution < -0.4 is 5.32 Å². The summed E-state index contributed by atoms with van der Waals surface area (Å²) in [6.45, 7) is 1.82. The average molecular weight is 218 g/mol. The molecule has 2 N–H and O–H groups in total. The highest BCUT2D eigenvalue weighted by Gasteiger charge is 2.16. The topological polar surface area (TPSA) is 79.3 Å². The van der Waals surface area contributed by atoms with Crippen LogP contribution in [0, 0.1) is 11.8 Å². The Kier molecular flexibility index (Phi) is 4.04. The van der Waals surface area contributed by atoms with Crippen LogP contribution in [0.15, 0.2) is 18.3 Å².